The van der Waals surface area contributed by atoms with Crippen molar-refractivity contribution in [1.29, 1.82) is 0 Å². The van der Waals surface area contributed by atoms with Crippen molar-refractivity contribution >= 4 is 11.9 Å². The van der Waals surface area contributed by atoms with Gasteiger partial charge in [0.15, 0.2) is 0 Å². The van der Waals surface area contributed by atoms with Gasteiger partial charge in [-0.25, -0.2) is 0 Å². The third-order valence-corrected chi connectivity index (χ3v) is 2.78. The Hall–Kier alpha value is -1.10. The molecule has 5 nitrogen and oxygen atoms in total. The molecule has 1 aliphatic heterocycles. The highest BCUT2D eigenvalue weighted by Gasteiger charge is 2.41. The van der Waals surface area contributed by atoms with Crippen LogP contribution >= 0.6 is 0 Å². The second-order valence-corrected chi connectivity index (χ2v) is 3.94. The number of amides is 1. The first-order valence-electron chi connectivity index (χ1n) is 4.92. The summed E-state index contributed by atoms with van der Waals surface area (Å²) in [5, 5.41) is 11.7. The van der Waals surface area contributed by atoms with Gasteiger partial charge in [-0.2, -0.15) is 0 Å². The molecule has 78 valence electrons. The maximum absolute atomic E-state index is 11.1. The minimum Gasteiger partial charge on any atom is -0.480 e. The van der Waals surface area contributed by atoms with E-state index in [-0.39, 0.29) is 18.4 Å². The van der Waals surface area contributed by atoms with Crippen molar-refractivity contribution in [3.05, 3.63) is 0 Å². The average Bonchev–Trinajstić information content (AvgIpc) is 2.88. The van der Waals surface area contributed by atoms with Crippen LogP contribution in [0.3, 0.4) is 0 Å². The molecule has 1 atom stereocenters. The first-order chi connectivity index (χ1) is 6.68. The Morgan fingerprint density at radius 2 is 2.29 bits per heavy atom. The van der Waals surface area contributed by atoms with Crippen LogP contribution in [0.25, 0.3) is 0 Å². The van der Waals surface area contributed by atoms with E-state index in [1.165, 1.54) is 0 Å². The topological polar surface area (TPSA) is 69.6 Å². The summed E-state index contributed by atoms with van der Waals surface area (Å²) >= 11 is 0. The largest absolute Gasteiger partial charge is 0.480 e. The number of carbonyl (C=O) groups excluding carboxylic acids is 1. The van der Waals surface area contributed by atoms with E-state index in [0.29, 0.717) is 13.1 Å². The summed E-state index contributed by atoms with van der Waals surface area (Å²) in [5.41, 5.74) is 0. The molecule has 0 radical (unpaired) electrons. The normalized spacial score (nSPS) is 25.6. The number of rotatable bonds is 3. The summed E-state index contributed by atoms with van der Waals surface area (Å²) in [6, 6.07) is -0.443. The molecule has 1 saturated carbocycles. The zero-order valence-electron chi connectivity index (χ0n) is 7.90. The number of hydrogen-bond acceptors (Lipinski definition) is 3. The number of carboxylic acids is 1. The van der Waals surface area contributed by atoms with Gasteiger partial charge >= 0.3 is 5.97 Å². The van der Waals surface area contributed by atoms with Gasteiger partial charge in [0, 0.05) is 13.1 Å². The van der Waals surface area contributed by atoms with Crippen molar-refractivity contribution in [3.63, 3.8) is 0 Å². The minimum absolute atomic E-state index is 0.0665. The molecule has 1 amide bonds. The highest BCUT2D eigenvalue weighted by molar-refractivity contribution is 5.81. The summed E-state index contributed by atoms with van der Waals surface area (Å²) in [6.45, 7) is 1.45. The molecule has 1 saturated heterocycles. The molecule has 0 bridgehead atoms. The molecule has 14 heavy (non-hydrogen) atoms. The number of nitrogens with one attached hydrogen (secondary N) is 1. The van der Waals surface area contributed by atoms with Gasteiger partial charge in [0.05, 0.1) is 6.54 Å². The van der Waals surface area contributed by atoms with Gasteiger partial charge in [-0.15, -0.1) is 0 Å². The first kappa shape index (κ1) is 9.45. The van der Waals surface area contributed by atoms with Crippen LogP contribution in [0.1, 0.15) is 12.8 Å². The predicted octanol–water partition coefficient (Wildman–Crippen LogP) is -0.719. The van der Waals surface area contributed by atoms with E-state index in [1.54, 1.807) is 4.90 Å². The molecule has 2 N–H and O–H groups in total. The molecule has 2 fully saturated rings. The maximum Gasteiger partial charge on any atom is 0.321 e. The number of piperazine rings is 1. The third kappa shape index (κ3) is 1.87. The van der Waals surface area contributed by atoms with Gasteiger partial charge in [0.2, 0.25) is 5.91 Å². The standard InChI is InChI=1S/C9H14N2O3/c12-7-5-11(4-3-10-7)8(9(13)14)6-1-2-6/h6,8H,1-5H2,(H,10,12)(H,13,14). The number of aliphatic carboxylic acids is 1. The second kappa shape index (κ2) is 3.57. The fourth-order valence-electron chi connectivity index (χ4n) is 1.96. The van der Waals surface area contributed by atoms with Crippen molar-refractivity contribution in [2.45, 2.75) is 18.9 Å². The Morgan fingerprint density at radius 3 is 2.79 bits per heavy atom. The van der Waals surface area contributed by atoms with Crippen LogP contribution in [-0.4, -0.2) is 47.6 Å². The monoisotopic (exact) mass is 198 g/mol. The Labute approximate surface area is 82.1 Å². The fraction of sp³-hybridized carbons (Fsp3) is 0.778. The summed E-state index contributed by atoms with van der Waals surface area (Å²) < 4.78 is 0. The van der Waals surface area contributed by atoms with Crippen LogP contribution in [0.4, 0.5) is 0 Å². The highest BCUT2D eigenvalue weighted by Crippen LogP contribution is 2.35. The van der Waals surface area contributed by atoms with E-state index in [2.05, 4.69) is 5.32 Å². The molecule has 2 aliphatic rings. The van der Waals surface area contributed by atoms with E-state index < -0.39 is 12.0 Å². The molecular formula is C9H14N2O3. The summed E-state index contributed by atoms with van der Waals surface area (Å²) in [7, 11) is 0. The van der Waals surface area contributed by atoms with Gasteiger partial charge in [0.1, 0.15) is 6.04 Å². The molecule has 1 heterocycles. The van der Waals surface area contributed by atoms with Crippen LogP contribution in [0, 0.1) is 5.92 Å². The van der Waals surface area contributed by atoms with Crippen molar-refractivity contribution < 1.29 is 14.7 Å². The molecule has 0 aromatic heterocycles. The van der Waals surface area contributed by atoms with Crippen molar-refractivity contribution in [1.82, 2.24) is 10.2 Å². The number of hydrogen-bond donors (Lipinski definition) is 2. The number of carbonyl (C=O) groups is 2. The molecule has 0 aromatic carbocycles. The minimum atomic E-state index is -0.790. The summed E-state index contributed by atoms with van der Waals surface area (Å²) in [6.07, 6.45) is 1.96. The number of carboxylic acid groups (broad SMARTS) is 1. The zero-order valence-corrected chi connectivity index (χ0v) is 7.90. The van der Waals surface area contributed by atoms with Crippen LogP contribution in [0.5, 0.6) is 0 Å². The van der Waals surface area contributed by atoms with Crippen LogP contribution in [0.15, 0.2) is 0 Å². The molecule has 0 spiro atoms. The Morgan fingerprint density at radius 1 is 1.57 bits per heavy atom. The SMILES string of the molecule is O=C1CN(C(C(=O)O)C2CC2)CCN1. The number of nitrogens with zero attached hydrogens (tertiary/aromatic N) is 1. The van der Waals surface area contributed by atoms with Gasteiger partial charge in [-0.1, -0.05) is 0 Å². The Kier molecular flexibility index (Phi) is 2.41. The molecular weight excluding hydrogens is 184 g/mol. The molecule has 0 aromatic rings. The van der Waals surface area contributed by atoms with Gasteiger partial charge in [0.25, 0.3) is 0 Å². The average molecular weight is 198 g/mol. The Balaban J connectivity index is 2.02. The van der Waals surface area contributed by atoms with E-state index in [0.717, 1.165) is 12.8 Å². The lowest BCUT2D eigenvalue weighted by atomic mass is 10.1. The highest BCUT2D eigenvalue weighted by atomic mass is 16.4. The summed E-state index contributed by atoms with van der Waals surface area (Å²) in [5.74, 6) is -0.594. The van der Waals surface area contributed by atoms with Crippen molar-refractivity contribution in [2.75, 3.05) is 19.6 Å². The predicted molar refractivity (Wildman–Crippen MR) is 48.7 cm³/mol. The maximum atomic E-state index is 11.1. The lowest BCUT2D eigenvalue weighted by molar-refractivity contribution is -0.145. The molecule has 1 unspecified atom stereocenters. The molecule has 5 heteroatoms. The van der Waals surface area contributed by atoms with E-state index in [9.17, 15) is 9.59 Å². The molecule has 1 aliphatic carbocycles. The van der Waals surface area contributed by atoms with Gasteiger partial charge < -0.3 is 10.4 Å². The van der Waals surface area contributed by atoms with Crippen LogP contribution in [0.2, 0.25) is 0 Å². The third-order valence-electron chi connectivity index (χ3n) is 2.78. The smallest absolute Gasteiger partial charge is 0.321 e. The lowest BCUT2D eigenvalue weighted by Gasteiger charge is -2.31. The Bertz CT molecular complexity index is 263. The lowest BCUT2D eigenvalue weighted by Crippen LogP contribution is -2.54. The fourth-order valence-corrected chi connectivity index (χ4v) is 1.96. The summed E-state index contributed by atoms with van der Waals surface area (Å²) in [4.78, 5) is 23.9. The van der Waals surface area contributed by atoms with E-state index >= 15 is 0 Å². The van der Waals surface area contributed by atoms with Gasteiger partial charge in [-0.05, 0) is 18.8 Å². The quantitative estimate of drug-likeness (QED) is 0.628. The zero-order chi connectivity index (χ0) is 10.1. The van der Waals surface area contributed by atoms with E-state index in [1.807, 2.05) is 0 Å². The second-order valence-electron chi connectivity index (χ2n) is 3.94. The van der Waals surface area contributed by atoms with Crippen LogP contribution < -0.4 is 5.32 Å². The van der Waals surface area contributed by atoms with Crippen molar-refractivity contribution in [2.24, 2.45) is 5.92 Å². The van der Waals surface area contributed by atoms with Gasteiger partial charge in [-0.3, -0.25) is 14.5 Å². The van der Waals surface area contributed by atoms with E-state index in [4.69, 9.17) is 5.11 Å². The van der Waals surface area contributed by atoms with Crippen LogP contribution in [-0.2, 0) is 9.59 Å². The first-order valence-corrected chi connectivity index (χ1v) is 4.92. The molecule has 2 rings (SSSR count). The van der Waals surface area contributed by atoms with Crippen molar-refractivity contribution in [3.8, 4) is 0 Å².